The summed E-state index contributed by atoms with van der Waals surface area (Å²) in [5, 5.41) is 11.7. The van der Waals surface area contributed by atoms with Crippen LogP contribution in [0.2, 0.25) is 0 Å². The van der Waals surface area contributed by atoms with Crippen molar-refractivity contribution in [1.29, 1.82) is 0 Å². The molecular formula is C18H22N4O2. The minimum absolute atomic E-state index is 0.559. The molecule has 6 heteroatoms. The van der Waals surface area contributed by atoms with Gasteiger partial charge in [0.2, 0.25) is 0 Å². The molecular weight excluding hydrogens is 304 g/mol. The summed E-state index contributed by atoms with van der Waals surface area (Å²) in [6, 6.07) is 9.85. The van der Waals surface area contributed by atoms with Gasteiger partial charge >= 0.3 is 0 Å². The summed E-state index contributed by atoms with van der Waals surface area (Å²) in [4.78, 5) is 0. The molecule has 3 aromatic rings. The van der Waals surface area contributed by atoms with E-state index in [0.29, 0.717) is 6.54 Å². The van der Waals surface area contributed by atoms with Gasteiger partial charge in [0.25, 0.3) is 0 Å². The highest BCUT2D eigenvalue weighted by Gasteiger charge is 2.12. The number of rotatable bonds is 7. The smallest absolute Gasteiger partial charge is 0.156 e. The molecule has 0 aliphatic carbocycles. The lowest BCUT2D eigenvalue weighted by Gasteiger charge is -2.08. The summed E-state index contributed by atoms with van der Waals surface area (Å²) in [7, 11) is 1.91. The first kappa shape index (κ1) is 16.1. The van der Waals surface area contributed by atoms with Gasteiger partial charge in [-0.3, -0.25) is 4.68 Å². The number of nitrogens with zero attached hydrogens (tertiary/aromatic N) is 3. The van der Waals surface area contributed by atoms with Crippen LogP contribution in [-0.4, -0.2) is 21.5 Å². The third kappa shape index (κ3) is 3.59. The van der Waals surface area contributed by atoms with Gasteiger partial charge in [0, 0.05) is 36.1 Å². The molecule has 6 nitrogen and oxygen atoms in total. The van der Waals surface area contributed by atoms with Crippen molar-refractivity contribution >= 4 is 5.69 Å². The Bertz CT molecular complexity index is 807. The molecule has 0 aliphatic rings. The quantitative estimate of drug-likeness (QED) is 0.715. The lowest BCUT2D eigenvalue weighted by atomic mass is 10.2. The number of aromatic nitrogens is 3. The van der Waals surface area contributed by atoms with Crippen LogP contribution in [0.5, 0.6) is 5.75 Å². The van der Waals surface area contributed by atoms with Gasteiger partial charge in [-0.25, -0.2) is 0 Å². The van der Waals surface area contributed by atoms with Gasteiger partial charge in [0.15, 0.2) is 5.76 Å². The van der Waals surface area contributed by atoms with Crippen LogP contribution in [0.15, 0.2) is 41.1 Å². The number of anilines is 1. The van der Waals surface area contributed by atoms with Crippen LogP contribution < -0.4 is 10.1 Å². The van der Waals surface area contributed by atoms with Crippen molar-refractivity contribution < 1.29 is 9.26 Å². The van der Waals surface area contributed by atoms with Crippen molar-refractivity contribution in [2.24, 2.45) is 7.05 Å². The lowest BCUT2D eigenvalue weighted by Crippen LogP contribution is -1.99. The molecule has 24 heavy (non-hydrogen) atoms. The predicted octanol–water partition coefficient (Wildman–Crippen LogP) is 3.78. The third-order valence-corrected chi connectivity index (χ3v) is 3.84. The van der Waals surface area contributed by atoms with Gasteiger partial charge in [-0.2, -0.15) is 5.10 Å². The van der Waals surface area contributed by atoms with Crippen LogP contribution in [0.3, 0.4) is 0 Å². The Morgan fingerprint density at radius 1 is 1.29 bits per heavy atom. The molecule has 0 aliphatic heterocycles. The van der Waals surface area contributed by atoms with Crippen LogP contribution in [-0.2, 0) is 13.6 Å². The summed E-state index contributed by atoms with van der Waals surface area (Å²) in [5.74, 6) is 1.64. The molecule has 0 atom stereocenters. The van der Waals surface area contributed by atoms with E-state index >= 15 is 0 Å². The van der Waals surface area contributed by atoms with Gasteiger partial charge in [-0.15, -0.1) is 0 Å². The van der Waals surface area contributed by atoms with Crippen LogP contribution >= 0.6 is 0 Å². The number of hydrogen-bond acceptors (Lipinski definition) is 5. The summed E-state index contributed by atoms with van der Waals surface area (Å²) >= 11 is 0. The van der Waals surface area contributed by atoms with E-state index in [-0.39, 0.29) is 0 Å². The lowest BCUT2D eigenvalue weighted by molar-refractivity contribution is 0.317. The molecule has 0 saturated heterocycles. The Labute approximate surface area is 141 Å². The highest BCUT2D eigenvalue weighted by Crippen LogP contribution is 2.23. The molecule has 0 radical (unpaired) electrons. The number of benzene rings is 1. The van der Waals surface area contributed by atoms with Gasteiger partial charge in [0.05, 0.1) is 19.3 Å². The fourth-order valence-corrected chi connectivity index (χ4v) is 2.38. The normalized spacial score (nSPS) is 10.8. The van der Waals surface area contributed by atoms with Crippen molar-refractivity contribution in [3.8, 4) is 17.0 Å². The minimum atomic E-state index is 0.559. The Morgan fingerprint density at radius 3 is 2.92 bits per heavy atom. The zero-order valence-corrected chi connectivity index (χ0v) is 14.2. The Hall–Kier alpha value is -2.76. The van der Waals surface area contributed by atoms with E-state index < -0.39 is 0 Å². The topological polar surface area (TPSA) is 65.1 Å². The molecule has 0 unspecified atom stereocenters. The molecule has 1 N–H and O–H groups in total. The number of aryl methyl sites for hydroxylation is 1. The molecule has 1 aromatic carbocycles. The van der Waals surface area contributed by atoms with Crippen LogP contribution in [0.25, 0.3) is 11.3 Å². The zero-order valence-electron chi connectivity index (χ0n) is 14.2. The summed E-state index contributed by atoms with van der Waals surface area (Å²) < 4.78 is 12.9. The molecule has 2 heterocycles. The number of nitrogens with one attached hydrogen (secondary N) is 1. The second-order valence-corrected chi connectivity index (χ2v) is 5.68. The van der Waals surface area contributed by atoms with Gasteiger partial charge in [-0.05, 0) is 25.5 Å². The first-order valence-corrected chi connectivity index (χ1v) is 8.08. The molecule has 0 fully saturated rings. The van der Waals surface area contributed by atoms with Crippen molar-refractivity contribution in [2.75, 3.05) is 11.9 Å². The molecule has 0 bridgehead atoms. The van der Waals surface area contributed by atoms with E-state index in [1.165, 1.54) is 0 Å². The maximum atomic E-state index is 5.64. The molecule has 0 amide bonds. The number of ether oxygens (including phenoxy) is 1. The van der Waals surface area contributed by atoms with Crippen LogP contribution in [0.1, 0.15) is 24.8 Å². The van der Waals surface area contributed by atoms with E-state index in [0.717, 1.165) is 47.2 Å². The average molecular weight is 326 g/mol. The van der Waals surface area contributed by atoms with E-state index in [9.17, 15) is 0 Å². The Balaban J connectivity index is 1.64. The third-order valence-electron chi connectivity index (χ3n) is 3.84. The zero-order chi connectivity index (χ0) is 16.9. The minimum Gasteiger partial charge on any atom is -0.494 e. The second-order valence-electron chi connectivity index (χ2n) is 5.68. The van der Waals surface area contributed by atoms with Crippen molar-refractivity contribution in [2.45, 2.75) is 26.8 Å². The van der Waals surface area contributed by atoms with Crippen molar-refractivity contribution in [3.63, 3.8) is 0 Å². The van der Waals surface area contributed by atoms with E-state index in [2.05, 4.69) is 22.5 Å². The molecule has 0 saturated carbocycles. The standard InChI is InChI=1S/C18H22N4O2/c1-4-8-23-15-7-5-6-14(9-15)19-11-16-10-18(21-24-16)17-12-20-22(3)13(17)2/h5-7,9-10,12,19H,4,8,11H2,1-3H3. The molecule has 2 aromatic heterocycles. The summed E-state index contributed by atoms with van der Waals surface area (Å²) in [6.07, 6.45) is 2.80. The van der Waals surface area contributed by atoms with E-state index in [1.54, 1.807) is 6.20 Å². The van der Waals surface area contributed by atoms with E-state index in [1.807, 2.05) is 49.0 Å². The highest BCUT2D eigenvalue weighted by molar-refractivity contribution is 5.60. The van der Waals surface area contributed by atoms with Crippen molar-refractivity contribution in [3.05, 3.63) is 48.0 Å². The van der Waals surface area contributed by atoms with Gasteiger partial charge in [0.1, 0.15) is 11.4 Å². The largest absolute Gasteiger partial charge is 0.494 e. The Kier molecular flexibility index (Phi) is 4.84. The maximum absolute atomic E-state index is 5.64. The Morgan fingerprint density at radius 2 is 2.17 bits per heavy atom. The van der Waals surface area contributed by atoms with Gasteiger partial charge in [-0.1, -0.05) is 18.1 Å². The monoisotopic (exact) mass is 326 g/mol. The summed E-state index contributed by atoms with van der Waals surface area (Å²) in [6.45, 7) is 5.38. The molecule has 126 valence electrons. The van der Waals surface area contributed by atoms with Gasteiger partial charge < -0.3 is 14.6 Å². The van der Waals surface area contributed by atoms with Crippen LogP contribution in [0, 0.1) is 6.92 Å². The fraction of sp³-hybridized carbons (Fsp3) is 0.333. The molecule has 3 rings (SSSR count). The summed E-state index contributed by atoms with van der Waals surface area (Å²) in [5.41, 5.74) is 3.84. The first-order chi connectivity index (χ1) is 11.7. The highest BCUT2D eigenvalue weighted by atomic mass is 16.5. The average Bonchev–Trinajstić information content (AvgIpc) is 3.19. The maximum Gasteiger partial charge on any atom is 0.156 e. The van der Waals surface area contributed by atoms with Crippen molar-refractivity contribution in [1.82, 2.24) is 14.9 Å². The second kappa shape index (κ2) is 7.21. The predicted molar refractivity (Wildman–Crippen MR) is 93.0 cm³/mol. The first-order valence-electron chi connectivity index (χ1n) is 8.08. The SMILES string of the molecule is CCCOc1cccc(NCc2cc(-c3cnn(C)c3C)no2)c1. The number of hydrogen-bond donors (Lipinski definition) is 1. The van der Waals surface area contributed by atoms with Crippen LogP contribution in [0.4, 0.5) is 5.69 Å². The fourth-order valence-electron chi connectivity index (χ4n) is 2.38. The molecule has 0 spiro atoms. The van der Waals surface area contributed by atoms with E-state index in [4.69, 9.17) is 9.26 Å².